The average molecular weight is 339 g/mol. The molecule has 1 amide bonds. The summed E-state index contributed by atoms with van der Waals surface area (Å²) in [6, 6.07) is 16.3. The number of carboxylic acid groups (broad SMARTS) is 1. The van der Waals surface area contributed by atoms with Gasteiger partial charge in [-0.15, -0.1) is 0 Å². The predicted octanol–water partition coefficient (Wildman–Crippen LogP) is 3.17. The summed E-state index contributed by atoms with van der Waals surface area (Å²) in [6.07, 6.45) is 1.93. The van der Waals surface area contributed by atoms with Gasteiger partial charge in [-0.2, -0.15) is 0 Å². The summed E-state index contributed by atoms with van der Waals surface area (Å²) < 4.78 is 5.55. The van der Waals surface area contributed by atoms with Gasteiger partial charge in [0.15, 0.2) is 6.61 Å². The first-order valence-electron chi connectivity index (χ1n) is 8.42. The standard InChI is InChI=1S/C20H21NO4/c22-19(14-25-18-6-2-1-3-7-18)21-12-4-5-17(13-21)15-8-10-16(11-9-15)20(23)24/h1-3,6-11,17H,4-5,12-14H2,(H,23,24)/t17-/m0/s1. The van der Waals surface area contributed by atoms with Crippen molar-refractivity contribution in [3.05, 3.63) is 65.7 Å². The summed E-state index contributed by atoms with van der Waals surface area (Å²) in [5, 5.41) is 8.99. The molecule has 5 nitrogen and oxygen atoms in total. The maximum atomic E-state index is 12.4. The molecule has 2 aromatic carbocycles. The van der Waals surface area contributed by atoms with Gasteiger partial charge in [0.1, 0.15) is 5.75 Å². The minimum atomic E-state index is -0.926. The third kappa shape index (κ3) is 4.38. The maximum Gasteiger partial charge on any atom is 0.335 e. The Morgan fingerprint density at radius 3 is 2.48 bits per heavy atom. The molecule has 0 saturated carbocycles. The molecule has 0 spiro atoms. The van der Waals surface area contributed by atoms with Crippen molar-refractivity contribution in [2.45, 2.75) is 18.8 Å². The van der Waals surface area contributed by atoms with Gasteiger partial charge in [-0.1, -0.05) is 30.3 Å². The van der Waals surface area contributed by atoms with Crippen molar-refractivity contribution in [1.82, 2.24) is 4.90 Å². The molecule has 5 heteroatoms. The molecule has 2 aromatic rings. The first kappa shape index (κ1) is 17.0. The van der Waals surface area contributed by atoms with Crippen LogP contribution in [0.4, 0.5) is 0 Å². The molecular formula is C20H21NO4. The summed E-state index contributed by atoms with van der Waals surface area (Å²) >= 11 is 0. The van der Waals surface area contributed by atoms with Crippen LogP contribution >= 0.6 is 0 Å². The molecule has 1 saturated heterocycles. The van der Waals surface area contributed by atoms with Crippen molar-refractivity contribution < 1.29 is 19.4 Å². The third-order valence-corrected chi connectivity index (χ3v) is 4.51. The molecule has 1 atom stereocenters. The molecule has 1 aliphatic heterocycles. The van der Waals surface area contributed by atoms with E-state index in [9.17, 15) is 9.59 Å². The zero-order chi connectivity index (χ0) is 17.6. The van der Waals surface area contributed by atoms with E-state index in [0.29, 0.717) is 12.3 Å². The third-order valence-electron chi connectivity index (χ3n) is 4.51. The van der Waals surface area contributed by atoms with Crippen molar-refractivity contribution in [3.63, 3.8) is 0 Å². The zero-order valence-electron chi connectivity index (χ0n) is 13.9. The molecule has 1 N–H and O–H groups in total. The van der Waals surface area contributed by atoms with Crippen LogP contribution in [-0.2, 0) is 4.79 Å². The summed E-state index contributed by atoms with van der Waals surface area (Å²) in [6.45, 7) is 1.42. The van der Waals surface area contributed by atoms with Crippen LogP contribution < -0.4 is 4.74 Å². The Kier molecular flexibility index (Phi) is 5.33. The van der Waals surface area contributed by atoms with Gasteiger partial charge in [-0.05, 0) is 42.7 Å². The molecule has 3 rings (SSSR count). The summed E-state index contributed by atoms with van der Waals surface area (Å²) in [5.74, 6) is -0.0216. The van der Waals surface area contributed by atoms with E-state index in [4.69, 9.17) is 9.84 Å². The number of hydrogen-bond donors (Lipinski definition) is 1. The van der Waals surface area contributed by atoms with Crippen molar-refractivity contribution in [2.24, 2.45) is 0 Å². The molecular weight excluding hydrogens is 318 g/mol. The molecule has 0 unspecified atom stereocenters. The molecule has 0 aliphatic carbocycles. The number of carbonyl (C=O) groups is 2. The predicted molar refractivity (Wildman–Crippen MR) is 93.9 cm³/mol. The molecule has 1 heterocycles. The Balaban J connectivity index is 1.58. The minimum Gasteiger partial charge on any atom is -0.484 e. The van der Waals surface area contributed by atoms with Crippen molar-refractivity contribution in [3.8, 4) is 5.75 Å². The van der Waals surface area contributed by atoms with Gasteiger partial charge in [0.05, 0.1) is 5.56 Å². The molecule has 0 radical (unpaired) electrons. The Bertz CT molecular complexity index is 727. The topological polar surface area (TPSA) is 66.8 Å². The number of piperidine rings is 1. The molecule has 0 bridgehead atoms. The quantitative estimate of drug-likeness (QED) is 0.908. The number of para-hydroxylation sites is 1. The van der Waals surface area contributed by atoms with Crippen molar-refractivity contribution in [1.29, 1.82) is 0 Å². The highest BCUT2D eigenvalue weighted by Gasteiger charge is 2.25. The van der Waals surface area contributed by atoms with Gasteiger partial charge in [-0.25, -0.2) is 4.79 Å². The Hall–Kier alpha value is -2.82. The van der Waals surface area contributed by atoms with Crippen LogP contribution in [0.3, 0.4) is 0 Å². The zero-order valence-corrected chi connectivity index (χ0v) is 13.9. The highest BCUT2D eigenvalue weighted by molar-refractivity contribution is 5.87. The number of carboxylic acids is 1. The molecule has 1 aliphatic rings. The van der Waals surface area contributed by atoms with Crippen LogP contribution in [0.2, 0.25) is 0 Å². The summed E-state index contributed by atoms with van der Waals surface area (Å²) in [4.78, 5) is 25.2. The lowest BCUT2D eigenvalue weighted by molar-refractivity contribution is -0.134. The lowest BCUT2D eigenvalue weighted by Crippen LogP contribution is -2.41. The van der Waals surface area contributed by atoms with Gasteiger partial charge in [0, 0.05) is 19.0 Å². The highest BCUT2D eigenvalue weighted by Crippen LogP contribution is 2.27. The van der Waals surface area contributed by atoms with E-state index >= 15 is 0 Å². The summed E-state index contributed by atoms with van der Waals surface area (Å²) in [5.41, 5.74) is 1.36. The van der Waals surface area contributed by atoms with Crippen LogP contribution in [0.15, 0.2) is 54.6 Å². The minimum absolute atomic E-state index is 0.0179. The fraction of sp³-hybridized carbons (Fsp3) is 0.300. The number of likely N-dealkylation sites (tertiary alicyclic amines) is 1. The second-order valence-electron chi connectivity index (χ2n) is 6.21. The van der Waals surface area contributed by atoms with E-state index in [1.807, 2.05) is 47.4 Å². The lowest BCUT2D eigenvalue weighted by atomic mass is 9.90. The van der Waals surface area contributed by atoms with Crippen LogP contribution in [0.5, 0.6) is 5.75 Å². The van der Waals surface area contributed by atoms with E-state index in [-0.39, 0.29) is 24.0 Å². The second kappa shape index (κ2) is 7.83. The van der Waals surface area contributed by atoms with Crippen LogP contribution in [-0.4, -0.2) is 41.6 Å². The Morgan fingerprint density at radius 2 is 1.80 bits per heavy atom. The van der Waals surface area contributed by atoms with Crippen LogP contribution in [0.1, 0.15) is 34.7 Å². The number of ether oxygens (including phenoxy) is 1. The van der Waals surface area contributed by atoms with Crippen LogP contribution in [0, 0.1) is 0 Å². The molecule has 1 fully saturated rings. The average Bonchev–Trinajstić information content (AvgIpc) is 2.67. The highest BCUT2D eigenvalue weighted by atomic mass is 16.5. The number of carbonyl (C=O) groups excluding carboxylic acids is 1. The first-order chi connectivity index (χ1) is 12.1. The number of amides is 1. The second-order valence-corrected chi connectivity index (χ2v) is 6.21. The normalized spacial score (nSPS) is 17.1. The smallest absolute Gasteiger partial charge is 0.335 e. The largest absolute Gasteiger partial charge is 0.484 e. The Labute approximate surface area is 146 Å². The first-order valence-corrected chi connectivity index (χ1v) is 8.42. The van der Waals surface area contributed by atoms with E-state index in [1.165, 1.54) is 0 Å². The molecule has 25 heavy (non-hydrogen) atoms. The van der Waals surface area contributed by atoms with Gasteiger partial charge in [-0.3, -0.25) is 4.79 Å². The fourth-order valence-electron chi connectivity index (χ4n) is 3.13. The Morgan fingerprint density at radius 1 is 1.08 bits per heavy atom. The number of aromatic carboxylic acids is 1. The van der Waals surface area contributed by atoms with Gasteiger partial charge >= 0.3 is 5.97 Å². The van der Waals surface area contributed by atoms with Crippen molar-refractivity contribution in [2.75, 3.05) is 19.7 Å². The van der Waals surface area contributed by atoms with Gasteiger partial charge < -0.3 is 14.7 Å². The van der Waals surface area contributed by atoms with E-state index in [0.717, 1.165) is 24.9 Å². The molecule has 0 aromatic heterocycles. The maximum absolute atomic E-state index is 12.4. The van der Waals surface area contributed by atoms with E-state index in [2.05, 4.69) is 0 Å². The number of rotatable bonds is 5. The van der Waals surface area contributed by atoms with Crippen LogP contribution in [0.25, 0.3) is 0 Å². The lowest BCUT2D eigenvalue weighted by Gasteiger charge is -2.33. The van der Waals surface area contributed by atoms with Gasteiger partial charge in [0.2, 0.25) is 0 Å². The van der Waals surface area contributed by atoms with Gasteiger partial charge in [0.25, 0.3) is 5.91 Å². The van der Waals surface area contributed by atoms with E-state index in [1.54, 1.807) is 12.1 Å². The fourth-order valence-corrected chi connectivity index (χ4v) is 3.13. The monoisotopic (exact) mass is 339 g/mol. The SMILES string of the molecule is O=C(O)c1ccc([C@H]2CCCN(C(=O)COc3ccccc3)C2)cc1. The van der Waals surface area contributed by atoms with Crippen molar-refractivity contribution >= 4 is 11.9 Å². The number of benzene rings is 2. The summed E-state index contributed by atoms with van der Waals surface area (Å²) in [7, 11) is 0. The van der Waals surface area contributed by atoms with E-state index < -0.39 is 5.97 Å². The number of nitrogens with zero attached hydrogens (tertiary/aromatic N) is 1. The molecule has 130 valence electrons. The number of hydrogen-bond acceptors (Lipinski definition) is 3.